The standard InChI is InChI=1S/C15H29N5O5/c1-16-2-3-17-13(21)10-18-4-6-19(11-14(22)23)8-9-20(7-5-18)12-15(24)25/h16H,2-12H2,1H3,(H,17,21)(H,22,23)(H,24,25). The number of rotatable bonds is 9. The van der Waals surface area contributed by atoms with Gasteiger partial charge >= 0.3 is 11.9 Å². The largest absolute Gasteiger partial charge is 0.480 e. The number of carboxylic acid groups (broad SMARTS) is 2. The van der Waals surface area contributed by atoms with Gasteiger partial charge in [-0.3, -0.25) is 29.1 Å². The fourth-order valence-corrected chi connectivity index (χ4v) is 2.63. The fourth-order valence-electron chi connectivity index (χ4n) is 2.63. The minimum atomic E-state index is -0.916. The number of carboxylic acids is 2. The number of aliphatic carboxylic acids is 2. The summed E-state index contributed by atoms with van der Waals surface area (Å²) in [6.07, 6.45) is 0. The highest BCUT2D eigenvalue weighted by atomic mass is 16.4. The van der Waals surface area contributed by atoms with Crippen molar-refractivity contribution < 1.29 is 24.6 Å². The number of likely N-dealkylation sites (N-methyl/N-ethyl adjacent to an activating group) is 1. The van der Waals surface area contributed by atoms with Gasteiger partial charge in [-0.2, -0.15) is 0 Å². The van der Waals surface area contributed by atoms with Gasteiger partial charge in [-0.05, 0) is 7.05 Å². The van der Waals surface area contributed by atoms with E-state index in [0.29, 0.717) is 52.4 Å². The van der Waals surface area contributed by atoms with Gasteiger partial charge < -0.3 is 20.8 Å². The SMILES string of the molecule is CNCCNC(=O)CN1CCN(CC(=O)O)CCN(CC(=O)O)CC1. The number of amides is 1. The van der Waals surface area contributed by atoms with Gasteiger partial charge in [-0.25, -0.2) is 0 Å². The van der Waals surface area contributed by atoms with Gasteiger partial charge in [-0.15, -0.1) is 0 Å². The molecule has 1 rings (SSSR count). The van der Waals surface area contributed by atoms with E-state index < -0.39 is 11.9 Å². The predicted octanol–water partition coefficient (Wildman–Crippen LogP) is -2.59. The van der Waals surface area contributed by atoms with E-state index in [9.17, 15) is 14.4 Å². The third-order valence-corrected chi connectivity index (χ3v) is 3.98. The van der Waals surface area contributed by atoms with Crippen LogP contribution in [0.2, 0.25) is 0 Å². The average Bonchev–Trinajstić information content (AvgIpc) is 2.60. The smallest absolute Gasteiger partial charge is 0.317 e. The van der Waals surface area contributed by atoms with Crippen molar-refractivity contribution >= 4 is 17.8 Å². The monoisotopic (exact) mass is 359 g/mol. The van der Waals surface area contributed by atoms with Crippen LogP contribution in [0.3, 0.4) is 0 Å². The number of hydrogen-bond donors (Lipinski definition) is 4. The molecule has 0 atom stereocenters. The molecule has 0 bridgehead atoms. The number of nitrogens with zero attached hydrogens (tertiary/aromatic N) is 3. The van der Waals surface area contributed by atoms with E-state index in [2.05, 4.69) is 10.6 Å². The first kappa shape index (κ1) is 21.3. The maximum atomic E-state index is 12.0. The molecular formula is C15H29N5O5. The Hall–Kier alpha value is -1.75. The summed E-state index contributed by atoms with van der Waals surface area (Å²) in [5.74, 6) is -1.93. The molecule has 1 aliphatic heterocycles. The quantitative estimate of drug-likeness (QED) is 0.328. The van der Waals surface area contributed by atoms with Crippen molar-refractivity contribution in [3.8, 4) is 0 Å². The Labute approximate surface area is 147 Å². The van der Waals surface area contributed by atoms with E-state index in [1.54, 1.807) is 9.80 Å². The number of carbonyl (C=O) groups excluding carboxylic acids is 1. The van der Waals surface area contributed by atoms with Crippen LogP contribution in [0.25, 0.3) is 0 Å². The first-order valence-electron chi connectivity index (χ1n) is 8.42. The fraction of sp³-hybridized carbons (Fsp3) is 0.800. The van der Waals surface area contributed by atoms with Crippen LogP contribution in [0.15, 0.2) is 0 Å². The Morgan fingerprint density at radius 3 is 1.52 bits per heavy atom. The summed E-state index contributed by atoms with van der Waals surface area (Å²) in [6.45, 7) is 4.40. The minimum absolute atomic E-state index is 0.0935. The highest BCUT2D eigenvalue weighted by molar-refractivity contribution is 5.78. The van der Waals surface area contributed by atoms with Crippen molar-refractivity contribution in [1.29, 1.82) is 0 Å². The zero-order valence-corrected chi connectivity index (χ0v) is 14.7. The number of carbonyl (C=O) groups is 3. The van der Waals surface area contributed by atoms with E-state index in [1.807, 2.05) is 11.9 Å². The molecule has 10 nitrogen and oxygen atoms in total. The normalized spacial score (nSPS) is 18.1. The van der Waals surface area contributed by atoms with Gasteiger partial charge in [0, 0.05) is 52.4 Å². The molecule has 144 valence electrons. The zero-order valence-electron chi connectivity index (χ0n) is 14.7. The molecule has 1 heterocycles. The summed E-state index contributed by atoms with van der Waals surface area (Å²) in [4.78, 5) is 39.4. The molecule has 0 aromatic carbocycles. The third kappa shape index (κ3) is 9.97. The molecule has 1 amide bonds. The lowest BCUT2D eigenvalue weighted by Gasteiger charge is -2.24. The van der Waals surface area contributed by atoms with Gasteiger partial charge in [0.05, 0.1) is 19.6 Å². The highest BCUT2D eigenvalue weighted by Crippen LogP contribution is 2.01. The topological polar surface area (TPSA) is 125 Å². The molecule has 4 N–H and O–H groups in total. The molecule has 1 saturated heterocycles. The van der Waals surface area contributed by atoms with Crippen molar-refractivity contribution in [2.45, 2.75) is 0 Å². The second-order valence-electron chi connectivity index (χ2n) is 6.07. The van der Waals surface area contributed by atoms with Crippen LogP contribution in [-0.4, -0.2) is 122 Å². The van der Waals surface area contributed by atoms with Gasteiger partial charge in [0.25, 0.3) is 0 Å². The molecule has 0 aromatic heterocycles. The van der Waals surface area contributed by atoms with Crippen LogP contribution in [0, 0.1) is 0 Å². The van der Waals surface area contributed by atoms with Crippen LogP contribution in [-0.2, 0) is 14.4 Å². The van der Waals surface area contributed by atoms with E-state index >= 15 is 0 Å². The summed E-state index contributed by atoms with van der Waals surface area (Å²) >= 11 is 0. The average molecular weight is 359 g/mol. The van der Waals surface area contributed by atoms with Crippen LogP contribution < -0.4 is 10.6 Å². The third-order valence-electron chi connectivity index (χ3n) is 3.98. The molecule has 10 heteroatoms. The summed E-state index contributed by atoms with van der Waals surface area (Å²) in [6, 6.07) is 0. The van der Waals surface area contributed by atoms with Crippen LogP contribution in [0.1, 0.15) is 0 Å². The Morgan fingerprint density at radius 1 is 0.760 bits per heavy atom. The van der Waals surface area contributed by atoms with Gasteiger partial charge in [0.1, 0.15) is 0 Å². The molecule has 1 aliphatic rings. The lowest BCUT2D eigenvalue weighted by molar-refractivity contribution is -0.140. The number of nitrogens with one attached hydrogen (secondary N) is 2. The van der Waals surface area contributed by atoms with Crippen LogP contribution in [0.4, 0.5) is 0 Å². The Morgan fingerprint density at radius 2 is 1.16 bits per heavy atom. The van der Waals surface area contributed by atoms with E-state index in [0.717, 1.165) is 0 Å². The van der Waals surface area contributed by atoms with Crippen LogP contribution in [0.5, 0.6) is 0 Å². The highest BCUT2D eigenvalue weighted by Gasteiger charge is 2.20. The second-order valence-corrected chi connectivity index (χ2v) is 6.07. The molecular weight excluding hydrogens is 330 g/mol. The lowest BCUT2D eigenvalue weighted by Crippen LogP contribution is -2.44. The van der Waals surface area contributed by atoms with Gasteiger partial charge in [0.15, 0.2) is 0 Å². The van der Waals surface area contributed by atoms with Crippen LogP contribution >= 0.6 is 0 Å². The maximum absolute atomic E-state index is 12.0. The minimum Gasteiger partial charge on any atom is -0.480 e. The van der Waals surface area contributed by atoms with E-state index in [4.69, 9.17) is 10.2 Å². The lowest BCUT2D eigenvalue weighted by atomic mass is 10.4. The molecule has 0 spiro atoms. The molecule has 0 aromatic rings. The van der Waals surface area contributed by atoms with Crippen molar-refractivity contribution in [3.63, 3.8) is 0 Å². The van der Waals surface area contributed by atoms with Crippen molar-refractivity contribution in [2.75, 3.05) is 79.0 Å². The van der Waals surface area contributed by atoms with Gasteiger partial charge in [-0.1, -0.05) is 0 Å². The van der Waals surface area contributed by atoms with E-state index in [-0.39, 0.29) is 25.5 Å². The zero-order chi connectivity index (χ0) is 18.7. The summed E-state index contributed by atoms with van der Waals surface area (Å²) in [5.41, 5.74) is 0. The Bertz CT molecular complexity index is 420. The predicted molar refractivity (Wildman–Crippen MR) is 91.5 cm³/mol. The summed E-state index contributed by atoms with van der Waals surface area (Å²) < 4.78 is 0. The van der Waals surface area contributed by atoms with Crippen molar-refractivity contribution in [3.05, 3.63) is 0 Å². The second kappa shape index (κ2) is 11.7. The van der Waals surface area contributed by atoms with Crippen molar-refractivity contribution in [2.24, 2.45) is 0 Å². The summed E-state index contributed by atoms with van der Waals surface area (Å²) in [7, 11) is 1.81. The molecule has 0 radical (unpaired) electrons. The molecule has 1 fully saturated rings. The molecule has 25 heavy (non-hydrogen) atoms. The Kier molecular flexibility index (Phi) is 10.0. The van der Waals surface area contributed by atoms with Gasteiger partial charge in [0.2, 0.25) is 5.91 Å². The Balaban J connectivity index is 2.62. The number of hydrogen-bond acceptors (Lipinski definition) is 7. The first-order chi connectivity index (χ1) is 11.9. The van der Waals surface area contributed by atoms with Crippen molar-refractivity contribution in [1.82, 2.24) is 25.3 Å². The summed E-state index contributed by atoms with van der Waals surface area (Å²) in [5, 5.41) is 23.8. The van der Waals surface area contributed by atoms with E-state index in [1.165, 1.54) is 0 Å². The molecule has 0 saturated carbocycles. The molecule has 0 unspecified atom stereocenters. The molecule has 0 aliphatic carbocycles. The first-order valence-corrected chi connectivity index (χ1v) is 8.42. The maximum Gasteiger partial charge on any atom is 0.317 e.